The molecule has 2 rings (SSSR count). The van der Waals surface area contributed by atoms with Gasteiger partial charge < -0.3 is 10.6 Å². The summed E-state index contributed by atoms with van der Waals surface area (Å²) in [6, 6.07) is 9.77. The van der Waals surface area contributed by atoms with E-state index in [-0.39, 0.29) is 0 Å². The molecule has 1 aromatic rings. The fraction of sp³-hybridized carbons (Fsp3) is 0.571. The molecule has 0 aromatic heterocycles. The summed E-state index contributed by atoms with van der Waals surface area (Å²) >= 11 is 0. The molecule has 0 spiro atoms. The highest BCUT2D eigenvalue weighted by Crippen LogP contribution is 2.25. The molecular formula is C14H22N2. The van der Waals surface area contributed by atoms with Crippen LogP contribution in [0.2, 0.25) is 0 Å². The van der Waals surface area contributed by atoms with Gasteiger partial charge in [-0.2, -0.15) is 0 Å². The van der Waals surface area contributed by atoms with Gasteiger partial charge in [-0.15, -0.1) is 0 Å². The average Bonchev–Trinajstić information content (AvgIpc) is 2.29. The molecule has 16 heavy (non-hydrogen) atoms. The molecule has 2 nitrogen and oxygen atoms in total. The Hall–Kier alpha value is -1.02. The zero-order chi connectivity index (χ0) is 11.5. The van der Waals surface area contributed by atoms with Gasteiger partial charge in [-0.25, -0.2) is 0 Å². The van der Waals surface area contributed by atoms with Crippen molar-refractivity contribution in [2.24, 2.45) is 5.73 Å². The molecule has 1 fully saturated rings. The van der Waals surface area contributed by atoms with Crippen LogP contribution >= 0.6 is 0 Å². The van der Waals surface area contributed by atoms with E-state index in [0.717, 1.165) is 6.42 Å². The van der Waals surface area contributed by atoms with E-state index in [2.05, 4.69) is 43.1 Å². The van der Waals surface area contributed by atoms with E-state index >= 15 is 0 Å². The van der Waals surface area contributed by atoms with Crippen molar-refractivity contribution in [3.63, 3.8) is 0 Å². The van der Waals surface area contributed by atoms with Crippen LogP contribution in [0.1, 0.15) is 31.2 Å². The Bertz CT molecular complexity index is 331. The minimum atomic E-state index is 0.395. The van der Waals surface area contributed by atoms with Gasteiger partial charge in [-0.1, -0.05) is 17.7 Å². The lowest BCUT2D eigenvalue weighted by atomic mass is 9.90. The number of hydrogen-bond acceptors (Lipinski definition) is 2. The second-order valence-corrected chi connectivity index (χ2v) is 5.03. The Balaban J connectivity index is 2.06. The van der Waals surface area contributed by atoms with E-state index in [9.17, 15) is 0 Å². The van der Waals surface area contributed by atoms with Crippen molar-refractivity contribution in [3.05, 3.63) is 29.8 Å². The van der Waals surface area contributed by atoms with Crippen LogP contribution < -0.4 is 10.6 Å². The Morgan fingerprint density at radius 3 is 2.50 bits per heavy atom. The normalized spacial score (nSPS) is 25.4. The number of nitrogens with two attached hydrogens (primary N) is 1. The first-order valence-electron chi connectivity index (χ1n) is 6.22. The van der Waals surface area contributed by atoms with Gasteiger partial charge in [0.25, 0.3) is 0 Å². The van der Waals surface area contributed by atoms with Crippen molar-refractivity contribution in [1.82, 2.24) is 0 Å². The summed E-state index contributed by atoms with van der Waals surface area (Å²) in [4.78, 5) is 2.39. The maximum atomic E-state index is 6.04. The lowest BCUT2D eigenvalue weighted by Gasteiger charge is -2.35. The van der Waals surface area contributed by atoms with Gasteiger partial charge in [0.1, 0.15) is 0 Å². The third-order valence-electron chi connectivity index (χ3n) is 3.68. The zero-order valence-corrected chi connectivity index (χ0v) is 10.3. The van der Waals surface area contributed by atoms with Crippen molar-refractivity contribution in [2.75, 3.05) is 11.9 Å². The van der Waals surface area contributed by atoms with Gasteiger partial charge in [0, 0.05) is 24.8 Å². The average molecular weight is 218 g/mol. The van der Waals surface area contributed by atoms with E-state index in [4.69, 9.17) is 5.73 Å². The maximum Gasteiger partial charge on any atom is 0.0366 e. The van der Waals surface area contributed by atoms with Gasteiger partial charge in [0.05, 0.1) is 0 Å². The third-order valence-corrected chi connectivity index (χ3v) is 3.68. The van der Waals surface area contributed by atoms with Gasteiger partial charge in [0.2, 0.25) is 0 Å². The van der Waals surface area contributed by atoms with Gasteiger partial charge >= 0.3 is 0 Å². The van der Waals surface area contributed by atoms with Crippen LogP contribution in [0.4, 0.5) is 5.69 Å². The summed E-state index contributed by atoms with van der Waals surface area (Å²) in [6.45, 7) is 2.13. The van der Waals surface area contributed by atoms with Crippen molar-refractivity contribution in [1.29, 1.82) is 0 Å². The fourth-order valence-electron chi connectivity index (χ4n) is 2.54. The highest BCUT2D eigenvalue weighted by atomic mass is 15.1. The lowest BCUT2D eigenvalue weighted by Crippen LogP contribution is -2.40. The first-order chi connectivity index (χ1) is 7.66. The van der Waals surface area contributed by atoms with Crippen LogP contribution in [0.15, 0.2) is 24.3 Å². The second kappa shape index (κ2) is 4.88. The van der Waals surface area contributed by atoms with Crippen molar-refractivity contribution >= 4 is 5.69 Å². The molecule has 1 saturated carbocycles. The molecule has 2 heteroatoms. The summed E-state index contributed by atoms with van der Waals surface area (Å²) in [5.74, 6) is 0. The highest BCUT2D eigenvalue weighted by Gasteiger charge is 2.22. The van der Waals surface area contributed by atoms with Crippen molar-refractivity contribution in [2.45, 2.75) is 44.7 Å². The van der Waals surface area contributed by atoms with Crippen molar-refractivity contribution < 1.29 is 0 Å². The molecule has 2 atom stereocenters. The van der Waals surface area contributed by atoms with Crippen molar-refractivity contribution in [3.8, 4) is 0 Å². The molecule has 2 unspecified atom stereocenters. The molecule has 2 N–H and O–H groups in total. The van der Waals surface area contributed by atoms with E-state index in [1.807, 2.05) is 0 Å². The van der Waals surface area contributed by atoms with Crippen LogP contribution in [0.25, 0.3) is 0 Å². The molecule has 1 aromatic carbocycles. The molecule has 0 heterocycles. The third kappa shape index (κ3) is 2.56. The van der Waals surface area contributed by atoms with E-state index in [1.54, 1.807) is 0 Å². The molecule has 0 amide bonds. The number of benzene rings is 1. The quantitative estimate of drug-likeness (QED) is 0.827. The maximum absolute atomic E-state index is 6.04. The Morgan fingerprint density at radius 1 is 1.19 bits per heavy atom. The van der Waals surface area contributed by atoms with Crippen LogP contribution in [-0.2, 0) is 0 Å². The minimum Gasteiger partial charge on any atom is -0.372 e. The number of rotatable bonds is 2. The first kappa shape index (κ1) is 11.5. The van der Waals surface area contributed by atoms with E-state index in [0.29, 0.717) is 12.1 Å². The fourth-order valence-corrected chi connectivity index (χ4v) is 2.54. The van der Waals surface area contributed by atoms with Gasteiger partial charge in [0.15, 0.2) is 0 Å². The Kier molecular flexibility index (Phi) is 3.49. The standard InChI is InChI=1S/C14H22N2/c1-11-6-8-13(9-7-11)16(2)14-5-3-4-12(15)10-14/h6-9,12,14H,3-5,10,15H2,1-2H3. The molecule has 1 aliphatic carbocycles. The molecular weight excluding hydrogens is 196 g/mol. The van der Waals surface area contributed by atoms with Crippen LogP contribution in [0.3, 0.4) is 0 Å². The lowest BCUT2D eigenvalue weighted by molar-refractivity contribution is 0.382. The van der Waals surface area contributed by atoms with Gasteiger partial charge in [-0.3, -0.25) is 0 Å². The summed E-state index contributed by atoms with van der Waals surface area (Å²) in [7, 11) is 2.19. The first-order valence-corrected chi connectivity index (χ1v) is 6.22. The van der Waals surface area contributed by atoms with Crippen LogP contribution in [0.5, 0.6) is 0 Å². The molecule has 0 bridgehead atoms. The SMILES string of the molecule is Cc1ccc(N(C)C2CCCC(N)C2)cc1. The predicted molar refractivity (Wildman–Crippen MR) is 69.8 cm³/mol. The number of hydrogen-bond donors (Lipinski definition) is 1. The molecule has 0 radical (unpaired) electrons. The number of nitrogens with zero attached hydrogens (tertiary/aromatic N) is 1. The predicted octanol–water partition coefficient (Wildman–Crippen LogP) is 2.70. The summed E-state index contributed by atoms with van der Waals surface area (Å²) in [5, 5.41) is 0. The molecule has 88 valence electrons. The van der Waals surface area contributed by atoms with E-state index < -0.39 is 0 Å². The molecule has 0 saturated heterocycles. The number of anilines is 1. The Labute approximate surface area is 98.4 Å². The zero-order valence-electron chi connectivity index (χ0n) is 10.3. The summed E-state index contributed by atoms with van der Waals surface area (Å²) < 4.78 is 0. The topological polar surface area (TPSA) is 29.3 Å². The largest absolute Gasteiger partial charge is 0.372 e. The van der Waals surface area contributed by atoms with E-state index in [1.165, 1.54) is 30.5 Å². The van der Waals surface area contributed by atoms with Gasteiger partial charge in [-0.05, 0) is 44.7 Å². The van der Waals surface area contributed by atoms with Crippen LogP contribution in [0, 0.1) is 6.92 Å². The summed E-state index contributed by atoms with van der Waals surface area (Å²) in [5.41, 5.74) is 8.67. The monoisotopic (exact) mass is 218 g/mol. The van der Waals surface area contributed by atoms with Crippen LogP contribution in [-0.4, -0.2) is 19.1 Å². The summed E-state index contributed by atoms with van der Waals surface area (Å²) in [6.07, 6.45) is 4.86. The number of aryl methyl sites for hydroxylation is 1. The minimum absolute atomic E-state index is 0.395. The second-order valence-electron chi connectivity index (χ2n) is 5.03. The highest BCUT2D eigenvalue weighted by molar-refractivity contribution is 5.47. The molecule has 1 aliphatic rings. The molecule has 0 aliphatic heterocycles. The smallest absolute Gasteiger partial charge is 0.0366 e. The Morgan fingerprint density at radius 2 is 1.88 bits per heavy atom.